The molecule has 3 unspecified atom stereocenters. The molecular formula is C10H22N2O. The van der Waals surface area contributed by atoms with Crippen LogP contribution in [0.5, 0.6) is 0 Å². The fourth-order valence-corrected chi connectivity index (χ4v) is 1.62. The summed E-state index contributed by atoms with van der Waals surface area (Å²) in [6.45, 7) is 7.27. The average Bonchev–Trinajstić information content (AvgIpc) is 2.61. The van der Waals surface area contributed by atoms with E-state index in [1.165, 1.54) is 6.42 Å². The Morgan fingerprint density at radius 1 is 1.46 bits per heavy atom. The van der Waals surface area contributed by atoms with Crippen LogP contribution in [0.25, 0.3) is 0 Å². The number of ether oxygens (including phenoxy) is 1. The molecule has 1 aliphatic rings. The molecule has 2 N–H and O–H groups in total. The highest BCUT2D eigenvalue weighted by atomic mass is 16.5. The van der Waals surface area contributed by atoms with E-state index in [4.69, 9.17) is 4.74 Å². The van der Waals surface area contributed by atoms with E-state index in [2.05, 4.69) is 24.5 Å². The van der Waals surface area contributed by atoms with E-state index in [1.54, 1.807) is 0 Å². The summed E-state index contributed by atoms with van der Waals surface area (Å²) in [6, 6.07) is 1.16. The van der Waals surface area contributed by atoms with Crippen LogP contribution >= 0.6 is 0 Å². The largest absolute Gasteiger partial charge is 0.379 e. The lowest BCUT2D eigenvalue weighted by molar-refractivity contribution is 0.182. The molecular weight excluding hydrogens is 164 g/mol. The van der Waals surface area contributed by atoms with E-state index >= 15 is 0 Å². The Morgan fingerprint density at radius 2 is 2.23 bits per heavy atom. The number of rotatable bonds is 5. The van der Waals surface area contributed by atoms with Crippen molar-refractivity contribution in [3.8, 4) is 0 Å². The van der Waals surface area contributed by atoms with E-state index in [-0.39, 0.29) is 0 Å². The van der Waals surface area contributed by atoms with Crippen molar-refractivity contribution < 1.29 is 4.74 Å². The van der Waals surface area contributed by atoms with Crippen LogP contribution in [-0.4, -0.2) is 38.9 Å². The van der Waals surface area contributed by atoms with Gasteiger partial charge in [-0.2, -0.15) is 0 Å². The monoisotopic (exact) mass is 186 g/mol. The number of nitrogens with one attached hydrogen (secondary N) is 2. The first kappa shape index (κ1) is 11.0. The summed E-state index contributed by atoms with van der Waals surface area (Å²) in [5, 5.41) is 6.81. The van der Waals surface area contributed by atoms with E-state index in [0.717, 1.165) is 19.8 Å². The molecule has 0 aromatic heterocycles. The molecule has 0 radical (unpaired) electrons. The number of hydrogen-bond acceptors (Lipinski definition) is 3. The standard InChI is InChI=1S/C10H22N2O/c1-4-8(2)12-5-9-6-13-7-10(9)11-3/h8-12H,4-7H2,1-3H3. The first-order valence-electron chi connectivity index (χ1n) is 5.26. The lowest BCUT2D eigenvalue weighted by atomic mass is 10.0. The van der Waals surface area contributed by atoms with E-state index in [1.807, 2.05) is 7.05 Å². The van der Waals surface area contributed by atoms with Crippen molar-refractivity contribution in [3.63, 3.8) is 0 Å². The van der Waals surface area contributed by atoms with Crippen molar-refractivity contribution in [2.45, 2.75) is 32.4 Å². The van der Waals surface area contributed by atoms with Crippen molar-refractivity contribution >= 4 is 0 Å². The summed E-state index contributed by atoms with van der Waals surface area (Å²) in [5.74, 6) is 0.638. The minimum atomic E-state index is 0.538. The van der Waals surface area contributed by atoms with Crippen molar-refractivity contribution in [2.24, 2.45) is 5.92 Å². The summed E-state index contributed by atoms with van der Waals surface area (Å²) in [7, 11) is 2.01. The smallest absolute Gasteiger partial charge is 0.0623 e. The fourth-order valence-electron chi connectivity index (χ4n) is 1.62. The Hall–Kier alpha value is -0.120. The molecule has 0 aromatic rings. The lowest BCUT2D eigenvalue weighted by Gasteiger charge is -2.19. The molecule has 1 fully saturated rings. The van der Waals surface area contributed by atoms with Crippen molar-refractivity contribution in [1.82, 2.24) is 10.6 Å². The number of hydrogen-bond donors (Lipinski definition) is 2. The maximum absolute atomic E-state index is 5.42. The van der Waals surface area contributed by atoms with Crippen LogP contribution in [0.1, 0.15) is 20.3 Å². The average molecular weight is 186 g/mol. The Bertz CT molecular complexity index is 141. The van der Waals surface area contributed by atoms with Gasteiger partial charge in [-0.3, -0.25) is 0 Å². The molecule has 0 aromatic carbocycles. The van der Waals surface area contributed by atoms with Gasteiger partial charge in [-0.05, 0) is 20.4 Å². The third-order valence-electron chi connectivity index (χ3n) is 2.91. The topological polar surface area (TPSA) is 33.3 Å². The van der Waals surface area contributed by atoms with Gasteiger partial charge in [0, 0.05) is 24.5 Å². The highest BCUT2D eigenvalue weighted by molar-refractivity contribution is 4.82. The summed E-state index contributed by atoms with van der Waals surface area (Å²) in [4.78, 5) is 0. The molecule has 3 nitrogen and oxygen atoms in total. The van der Waals surface area contributed by atoms with Gasteiger partial charge in [0.1, 0.15) is 0 Å². The molecule has 1 aliphatic heterocycles. The van der Waals surface area contributed by atoms with Gasteiger partial charge < -0.3 is 15.4 Å². The predicted molar refractivity (Wildman–Crippen MR) is 54.9 cm³/mol. The van der Waals surface area contributed by atoms with Crippen LogP contribution in [0.2, 0.25) is 0 Å². The van der Waals surface area contributed by atoms with Gasteiger partial charge in [-0.25, -0.2) is 0 Å². The van der Waals surface area contributed by atoms with Crippen molar-refractivity contribution in [2.75, 3.05) is 26.8 Å². The van der Waals surface area contributed by atoms with Crippen molar-refractivity contribution in [1.29, 1.82) is 0 Å². The normalized spacial score (nSPS) is 30.7. The first-order chi connectivity index (χ1) is 6.27. The molecule has 0 aliphatic carbocycles. The maximum Gasteiger partial charge on any atom is 0.0623 e. The molecule has 0 amide bonds. The second kappa shape index (κ2) is 5.58. The highest BCUT2D eigenvalue weighted by Gasteiger charge is 2.26. The van der Waals surface area contributed by atoms with Gasteiger partial charge in [0.15, 0.2) is 0 Å². The van der Waals surface area contributed by atoms with Gasteiger partial charge in [0.2, 0.25) is 0 Å². The number of likely N-dealkylation sites (N-methyl/N-ethyl adjacent to an activating group) is 1. The Balaban J connectivity index is 2.19. The summed E-state index contributed by atoms with van der Waals surface area (Å²) >= 11 is 0. The zero-order chi connectivity index (χ0) is 9.68. The Labute approximate surface area is 81.2 Å². The molecule has 78 valence electrons. The van der Waals surface area contributed by atoms with E-state index in [0.29, 0.717) is 18.0 Å². The minimum Gasteiger partial charge on any atom is -0.379 e. The molecule has 3 heteroatoms. The fraction of sp³-hybridized carbons (Fsp3) is 1.00. The molecule has 0 spiro atoms. The third-order valence-corrected chi connectivity index (χ3v) is 2.91. The lowest BCUT2D eigenvalue weighted by Crippen LogP contribution is -2.40. The minimum absolute atomic E-state index is 0.538. The van der Waals surface area contributed by atoms with Crippen LogP contribution in [0.15, 0.2) is 0 Å². The zero-order valence-electron chi connectivity index (χ0n) is 8.97. The van der Waals surface area contributed by atoms with Crippen LogP contribution in [0.3, 0.4) is 0 Å². The summed E-state index contributed by atoms with van der Waals surface area (Å²) < 4.78 is 5.42. The SMILES string of the molecule is CCC(C)NCC1COCC1NC. The van der Waals surface area contributed by atoms with E-state index < -0.39 is 0 Å². The molecule has 1 heterocycles. The summed E-state index contributed by atoms with van der Waals surface area (Å²) in [6.07, 6.45) is 1.19. The molecule has 0 bridgehead atoms. The van der Waals surface area contributed by atoms with Crippen LogP contribution in [-0.2, 0) is 4.74 Å². The summed E-state index contributed by atoms with van der Waals surface area (Å²) in [5.41, 5.74) is 0. The third kappa shape index (κ3) is 3.25. The molecule has 3 atom stereocenters. The van der Waals surface area contributed by atoms with Gasteiger partial charge in [0.25, 0.3) is 0 Å². The second-order valence-corrected chi connectivity index (χ2v) is 3.91. The van der Waals surface area contributed by atoms with Gasteiger partial charge in [-0.15, -0.1) is 0 Å². The molecule has 1 saturated heterocycles. The van der Waals surface area contributed by atoms with E-state index in [9.17, 15) is 0 Å². The van der Waals surface area contributed by atoms with Gasteiger partial charge in [0.05, 0.1) is 13.2 Å². The van der Waals surface area contributed by atoms with Crippen LogP contribution in [0, 0.1) is 5.92 Å². The van der Waals surface area contributed by atoms with Crippen LogP contribution < -0.4 is 10.6 Å². The molecule has 1 rings (SSSR count). The predicted octanol–water partition coefficient (Wildman–Crippen LogP) is 0.609. The maximum atomic E-state index is 5.42. The Kier molecular flexibility index (Phi) is 4.70. The van der Waals surface area contributed by atoms with Gasteiger partial charge in [-0.1, -0.05) is 6.92 Å². The Morgan fingerprint density at radius 3 is 2.85 bits per heavy atom. The molecule has 0 saturated carbocycles. The van der Waals surface area contributed by atoms with Crippen LogP contribution in [0.4, 0.5) is 0 Å². The van der Waals surface area contributed by atoms with Gasteiger partial charge >= 0.3 is 0 Å². The quantitative estimate of drug-likeness (QED) is 0.660. The van der Waals surface area contributed by atoms with Crippen molar-refractivity contribution in [3.05, 3.63) is 0 Å². The first-order valence-corrected chi connectivity index (χ1v) is 5.26. The molecule has 13 heavy (non-hydrogen) atoms. The second-order valence-electron chi connectivity index (χ2n) is 3.91. The highest BCUT2D eigenvalue weighted by Crippen LogP contribution is 2.12. The zero-order valence-corrected chi connectivity index (χ0v) is 8.97.